The van der Waals surface area contributed by atoms with Crippen LogP contribution >= 0.6 is 0 Å². The summed E-state index contributed by atoms with van der Waals surface area (Å²) in [5.74, 6) is -0.128. The SMILES string of the molecule is CCCC(OCC)C(Cc1ccccc1F)NCC. The van der Waals surface area contributed by atoms with Crippen LogP contribution in [0.25, 0.3) is 0 Å². The molecule has 0 aliphatic heterocycles. The van der Waals surface area contributed by atoms with Gasteiger partial charge in [-0.2, -0.15) is 0 Å². The van der Waals surface area contributed by atoms with E-state index in [-0.39, 0.29) is 18.0 Å². The van der Waals surface area contributed by atoms with E-state index in [0.29, 0.717) is 13.0 Å². The highest BCUT2D eigenvalue weighted by Crippen LogP contribution is 2.15. The van der Waals surface area contributed by atoms with Crippen LogP contribution in [0, 0.1) is 5.82 Å². The molecule has 1 N–H and O–H groups in total. The number of nitrogens with one attached hydrogen (secondary N) is 1. The molecule has 19 heavy (non-hydrogen) atoms. The van der Waals surface area contributed by atoms with Crippen LogP contribution in [-0.2, 0) is 11.2 Å². The van der Waals surface area contributed by atoms with Gasteiger partial charge in [0.05, 0.1) is 6.10 Å². The molecule has 0 saturated heterocycles. The predicted octanol–water partition coefficient (Wildman–Crippen LogP) is 3.55. The number of benzene rings is 1. The zero-order valence-corrected chi connectivity index (χ0v) is 12.3. The third-order valence-corrected chi connectivity index (χ3v) is 3.27. The van der Waals surface area contributed by atoms with E-state index in [1.54, 1.807) is 6.07 Å². The smallest absolute Gasteiger partial charge is 0.126 e. The fourth-order valence-corrected chi connectivity index (χ4v) is 2.40. The van der Waals surface area contributed by atoms with Gasteiger partial charge in [-0.05, 0) is 37.9 Å². The lowest BCUT2D eigenvalue weighted by atomic mass is 9.98. The normalized spacial score (nSPS) is 14.3. The van der Waals surface area contributed by atoms with E-state index in [1.807, 2.05) is 19.1 Å². The number of hydrogen-bond donors (Lipinski definition) is 1. The number of likely N-dealkylation sites (N-methyl/N-ethyl adjacent to an activating group) is 1. The Kier molecular flexibility index (Phi) is 7.68. The highest BCUT2D eigenvalue weighted by Gasteiger charge is 2.21. The van der Waals surface area contributed by atoms with Crippen molar-refractivity contribution >= 4 is 0 Å². The molecular formula is C16H26FNO. The highest BCUT2D eigenvalue weighted by molar-refractivity contribution is 5.18. The molecule has 1 aromatic carbocycles. The van der Waals surface area contributed by atoms with Crippen LogP contribution in [0.15, 0.2) is 24.3 Å². The molecule has 0 bridgehead atoms. The van der Waals surface area contributed by atoms with Crippen molar-refractivity contribution in [3.05, 3.63) is 35.6 Å². The van der Waals surface area contributed by atoms with Crippen molar-refractivity contribution in [3.63, 3.8) is 0 Å². The van der Waals surface area contributed by atoms with Gasteiger partial charge in [-0.15, -0.1) is 0 Å². The van der Waals surface area contributed by atoms with Crippen molar-refractivity contribution in [2.45, 2.75) is 52.2 Å². The fourth-order valence-electron chi connectivity index (χ4n) is 2.40. The van der Waals surface area contributed by atoms with Gasteiger partial charge in [0.25, 0.3) is 0 Å². The molecule has 2 atom stereocenters. The van der Waals surface area contributed by atoms with Crippen LogP contribution in [0.4, 0.5) is 4.39 Å². The average molecular weight is 267 g/mol. The third-order valence-electron chi connectivity index (χ3n) is 3.27. The van der Waals surface area contributed by atoms with Gasteiger partial charge in [-0.1, -0.05) is 38.5 Å². The number of ether oxygens (including phenoxy) is 1. The zero-order valence-electron chi connectivity index (χ0n) is 12.3. The number of halogens is 1. The van der Waals surface area contributed by atoms with E-state index >= 15 is 0 Å². The van der Waals surface area contributed by atoms with Gasteiger partial charge >= 0.3 is 0 Å². The summed E-state index contributed by atoms with van der Waals surface area (Å²) in [6.45, 7) is 7.80. The van der Waals surface area contributed by atoms with Gasteiger partial charge in [-0.3, -0.25) is 0 Å². The predicted molar refractivity (Wildman–Crippen MR) is 77.9 cm³/mol. The molecule has 1 rings (SSSR count). The lowest BCUT2D eigenvalue weighted by Gasteiger charge is -2.28. The lowest BCUT2D eigenvalue weighted by Crippen LogP contribution is -2.43. The standard InChI is InChI=1S/C16H26FNO/c1-4-9-16(19-6-3)15(18-5-2)12-13-10-7-8-11-14(13)17/h7-8,10-11,15-16,18H,4-6,9,12H2,1-3H3. The first-order valence-electron chi connectivity index (χ1n) is 7.31. The van der Waals surface area contributed by atoms with Crippen molar-refractivity contribution < 1.29 is 9.13 Å². The molecule has 0 aromatic heterocycles. The third kappa shape index (κ3) is 5.29. The monoisotopic (exact) mass is 267 g/mol. The average Bonchev–Trinajstić information content (AvgIpc) is 2.40. The minimum atomic E-state index is -0.128. The summed E-state index contributed by atoms with van der Waals surface area (Å²) in [7, 11) is 0. The molecule has 108 valence electrons. The Morgan fingerprint density at radius 2 is 1.95 bits per heavy atom. The van der Waals surface area contributed by atoms with E-state index in [1.165, 1.54) is 6.07 Å². The Morgan fingerprint density at radius 1 is 1.21 bits per heavy atom. The molecular weight excluding hydrogens is 241 g/mol. The minimum Gasteiger partial charge on any atom is -0.377 e. The second-order valence-corrected chi connectivity index (χ2v) is 4.74. The van der Waals surface area contributed by atoms with Gasteiger partial charge in [0.2, 0.25) is 0 Å². The first kappa shape index (κ1) is 16.1. The number of hydrogen-bond acceptors (Lipinski definition) is 2. The van der Waals surface area contributed by atoms with Crippen molar-refractivity contribution in [3.8, 4) is 0 Å². The Hall–Kier alpha value is -0.930. The first-order chi connectivity index (χ1) is 9.22. The van der Waals surface area contributed by atoms with Crippen LogP contribution in [0.5, 0.6) is 0 Å². The van der Waals surface area contributed by atoms with E-state index < -0.39 is 0 Å². The van der Waals surface area contributed by atoms with Gasteiger partial charge in [-0.25, -0.2) is 4.39 Å². The molecule has 3 heteroatoms. The summed E-state index contributed by atoms with van der Waals surface area (Å²) in [5, 5.41) is 3.44. The minimum absolute atomic E-state index is 0.128. The summed E-state index contributed by atoms with van der Waals surface area (Å²) in [6.07, 6.45) is 2.89. The zero-order chi connectivity index (χ0) is 14.1. The van der Waals surface area contributed by atoms with Crippen LogP contribution in [-0.4, -0.2) is 25.3 Å². The molecule has 0 aliphatic carbocycles. The van der Waals surface area contributed by atoms with Crippen LogP contribution < -0.4 is 5.32 Å². The molecule has 0 saturated carbocycles. The summed E-state index contributed by atoms with van der Waals surface area (Å²) in [5.41, 5.74) is 0.759. The second kappa shape index (κ2) is 9.05. The van der Waals surface area contributed by atoms with Crippen LogP contribution in [0.3, 0.4) is 0 Å². The van der Waals surface area contributed by atoms with E-state index in [2.05, 4.69) is 19.2 Å². The second-order valence-electron chi connectivity index (χ2n) is 4.74. The first-order valence-corrected chi connectivity index (χ1v) is 7.31. The van der Waals surface area contributed by atoms with E-state index in [0.717, 1.165) is 24.9 Å². The van der Waals surface area contributed by atoms with Gasteiger partial charge in [0, 0.05) is 12.6 Å². The maximum absolute atomic E-state index is 13.8. The maximum Gasteiger partial charge on any atom is 0.126 e. The van der Waals surface area contributed by atoms with E-state index in [4.69, 9.17) is 4.74 Å². The lowest BCUT2D eigenvalue weighted by molar-refractivity contribution is 0.0284. The molecule has 0 spiro atoms. The summed E-state index contributed by atoms with van der Waals surface area (Å²) >= 11 is 0. The van der Waals surface area contributed by atoms with Crippen molar-refractivity contribution in [1.82, 2.24) is 5.32 Å². The largest absolute Gasteiger partial charge is 0.377 e. The topological polar surface area (TPSA) is 21.3 Å². The van der Waals surface area contributed by atoms with Gasteiger partial charge < -0.3 is 10.1 Å². The number of rotatable bonds is 9. The van der Waals surface area contributed by atoms with E-state index in [9.17, 15) is 4.39 Å². The highest BCUT2D eigenvalue weighted by atomic mass is 19.1. The Balaban J connectivity index is 2.77. The molecule has 0 amide bonds. The molecule has 2 nitrogen and oxygen atoms in total. The van der Waals surface area contributed by atoms with Crippen LogP contribution in [0.1, 0.15) is 39.2 Å². The Bertz CT molecular complexity index is 350. The molecule has 2 unspecified atom stereocenters. The Morgan fingerprint density at radius 3 is 2.53 bits per heavy atom. The quantitative estimate of drug-likeness (QED) is 0.739. The van der Waals surface area contributed by atoms with Gasteiger partial charge in [0.1, 0.15) is 5.82 Å². The van der Waals surface area contributed by atoms with Crippen molar-refractivity contribution in [2.75, 3.05) is 13.2 Å². The molecule has 0 fully saturated rings. The van der Waals surface area contributed by atoms with Crippen molar-refractivity contribution in [1.29, 1.82) is 0 Å². The summed E-state index contributed by atoms with van der Waals surface area (Å²) in [6, 6.07) is 7.16. The maximum atomic E-state index is 13.8. The summed E-state index contributed by atoms with van der Waals surface area (Å²) in [4.78, 5) is 0. The Labute approximate surface area is 116 Å². The van der Waals surface area contributed by atoms with Crippen LogP contribution in [0.2, 0.25) is 0 Å². The molecule has 0 heterocycles. The molecule has 1 aromatic rings. The fraction of sp³-hybridized carbons (Fsp3) is 0.625. The molecule has 0 aliphatic rings. The summed E-state index contributed by atoms with van der Waals surface area (Å²) < 4.78 is 19.6. The van der Waals surface area contributed by atoms with Crippen molar-refractivity contribution in [2.24, 2.45) is 0 Å². The molecule has 0 radical (unpaired) electrons. The van der Waals surface area contributed by atoms with Gasteiger partial charge in [0.15, 0.2) is 0 Å².